The second-order valence-corrected chi connectivity index (χ2v) is 6.56. The molecule has 1 aromatic carbocycles. The Labute approximate surface area is 149 Å². The van der Waals surface area contributed by atoms with Gasteiger partial charge in [-0.25, -0.2) is 0 Å². The van der Waals surface area contributed by atoms with Crippen LogP contribution in [0, 0.1) is 0 Å². The molecule has 1 amide bonds. The minimum Gasteiger partial charge on any atom is -0.395 e. The first-order valence-electron chi connectivity index (χ1n) is 8.74. The summed E-state index contributed by atoms with van der Waals surface area (Å²) in [6.07, 6.45) is 1.65. The van der Waals surface area contributed by atoms with Gasteiger partial charge in [0.25, 0.3) is 0 Å². The summed E-state index contributed by atoms with van der Waals surface area (Å²) in [5.41, 5.74) is 3.02. The number of aliphatic hydroxyl groups is 1. The van der Waals surface area contributed by atoms with Gasteiger partial charge in [0.15, 0.2) is 0 Å². The van der Waals surface area contributed by atoms with Crippen molar-refractivity contribution >= 4 is 23.2 Å². The molecule has 0 aliphatic carbocycles. The fourth-order valence-corrected chi connectivity index (χ4v) is 3.45. The predicted molar refractivity (Wildman–Crippen MR) is 98.8 cm³/mol. The maximum Gasteiger partial charge on any atom is 0.238 e. The first-order valence-corrected chi connectivity index (χ1v) is 9.12. The lowest BCUT2D eigenvalue weighted by Gasteiger charge is -2.33. The molecule has 6 heteroatoms. The predicted octanol–water partition coefficient (Wildman–Crippen LogP) is 2.01. The number of anilines is 1. The quantitative estimate of drug-likeness (QED) is 0.787. The molecular formula is C18H28ClN3O2. The minimum atomic E-state index is 0.0114. The number of rotatable bonds is 7. The van der Waals surface area contributed by atoms with Crippen molar-refractivity contribution in [3.63, 3.8) is 0 Å². The van der Waals surface area contributed by atoms with Crippen LogP contribution in [-0.2, 0) is 17.6 Å². The Hall–Kier alpha value is -1.14. The van der Waals surface area contributed by atoms with Crippen molar-refractivity contribution in [3.05, 3.63) is 28.3 Å². The second kappa shape index (κ2) is 9.37. The summed E-state index contributed by atoms with van der Waals surface area (Å²) in [5.74, 6) is 0.0114. The number of amides is 1. The van der Waals surface area contributed by atoms with Crippen molar-refractivity contribution in [2.45, 2.75) is 26.7 Å². The van der Waals surface area contributed by atoms with E-state index in [9.17, 15) is 4.79 Å². The molecule has 0 bridgehead atoms. The number of hydrogen-bond donors (Lipinski definition) is 2. The van der Waals surface area contributed by atoms with E-state index in [0.29, 0.717) is 18.1 Å². The molecule has 1 heterocycles. The normalized spacial score (nSPS) is 16.3. The fourth-order valence-electron chi connectivity index (χ4n) is 3.16. The van der Waals surface area contributed by atoms with Gasteiger partial charge < -0.3 is 10.4 Å². The van der Waals surface area contributed by atoms with Crippen LogP contribution >= 0.6 is 11.6 Å². The highest BCUT2D eigenvalue weighted by atomic mass is 35.5. The van der Waals surface area contributed by atoms with Gasteiger partial charge in [0, 0.05) is 43.4 Å². The first kappa shape index (κ1) is 19.2. The van der Waals surface area contributed by atoms with E-state index < -0.39 is 0 Å². The summed E-state index contributed by atoms with van der Waals surface area (Å²) in [7, 11) is 0. The average Bonchev–Trinajstić information content (AvgIpc) is 2.57. The van der Waals surface area contributed by atoms with Crippen LogP contribution in [0.5, 0.6) is 0 Å². The van der Waals surface area contributed by atoms with Crippen molar-refractivity contribution in [1.29, 1.82) is 0 Å². The Morgan fingerprint density at radius 3 is 2.42 bits per heavy atom. The summed E-state index contributed by atoms with van der Waals surface area (Å²) in [5, 5.41) is 12.8. The van der Waals surface area contributed by atoms with Gasteiger partial charge in [-0.3, -0.25) is 14.6 Å². The number of aryl methyl sites for hydroxylation is 1. The molecule has 134 valence electrons. The Bertz CT molecular complexity index is 557. The Kier molecular flexibility index (Phi) is 7.49. The van der Waals surface area contributed by atoms with Crippen molar-refractivity contribution < 1.29 is 9.90 Å². The van der Waals surface area contributed by atoms with Gasteiger partial charge in [-0.2, -0.15) is 0 Å². The summed E-state index contributed by atoms with van der Waals surface area (Å²) in [6, 6.07) is 3.90. The number of β-amino-alcohol motifs (C(OH)–C–C–N with tert-alkyl or cyclic N) is 1. The van der Waals surface area contributed by atoms with Crippen LogP contribution in [0.2, 0.25) is 5.02 Å². The lowest BCUT2D eigenvalue weighted by Crippen LogP contribution is -2.49. The molecule has 5 nitrogen and oxygen atoms in total. The Morgan fingerprint density at radius 1 is 1.17 bits per heavy atom. The van der Waals surface area contributed by atoms with Gasteiger partial charge in [-0.05, 0) is 30.0 Å². The molecule has 0 unspecified atom stereocenters. The van der Waals surface area contributed by atoms with Gasteiger partial charge in [0.05, 0.1) is 13.2 Å². The molecule has 2 rings (SSSR count). The number of aliphatic hydroxyl groups excluding tert-OH is 1. The third kappa shape index (κ3) is 4.93. The molecule has 24 heavy (non-hydrogen) atoms. The Balaban J connectivity index is 1.97. The number of nitrogens with one attached hydrogen (secondary N) is 1. The average molecular weight is 354 g/mol. The van der Waals surface area contributed by atoms with Crippen LogP contribution < -0.4 is 5.32 Å². The number of halogens is 1. The standard InChI is InChI=1S/C18H28ClN3O2/c1-3-14-5-6-16(19)15(4-2)18(14)20-17(24)13-22-9-7-21(8-10-22)11-12-23/h5-6,23H,3-4,7-13H2,1-2H3,(H,20,24). The largest absolute Gasteiger partial charge is 0.395 e. The second-order valence-electron chi connectivity index (χ2n) is 6.16. The molecule has 1 fully saturated rings. The third-order valence-electron chi connectivity index (χ3n) is 4.59. The number of hydrogen-bond acceptors (Lipinski definition) is 4. The third-order valence-corrected chi connectivity index (χ3v) is 4.94. The van der Waals surface area contributed by atoms with E-state index in [0.717, 1.165) is 55.8 Å². The van der Waals surface area contributed by atoms with E-state index in [1.165, 1.54) is 0 Å². The number of carbonyl (C=O) groups is 1. The maximum atomic E-state index is 12.5. The topological polar surface area (TPSA) is 55.8 Å². The summed E-state index contributed by atoms with van der Waals surface area (Å²) < 4.78 is 0. The molecule has 1 saturated heterocycles. The molecule has 0 atom stereocenters. The van der Waals surface area contributed by atoms with Gasteiger partial charge in [-0.15, -0.1) is 0 Å². The van der Waals surface area contributed by atoms with Crippen LogP contribution in [0.3, 0.4) is 0 Å². The highest BCUT2D eigenvalue weighted by Gasteiger charge is 2.20. The van der Waals surface area contributed by atoms with Crippen molar-refractivity contribution in [3.8, 4) is 0 Å². The van der Waals surface area contributed by atoms with E-state index in [-0.39, 0.29) is 12.5 Å². The van der Waals surface area contributed by atoms with Crippen molar-refractivity contribution in [1.82, 2.24) is 9.80 Å². The molecule has 1 aromatic rings. The van der Waals surface area contributed by atoms with Crippen LogP contribution in [0.15, 0.2) is 12.1 Å². The Morgan fingerprint density at radius 2 is 1.83 bits per heavy atom. The number of piperazine rings is 1. The van der Waals surface area contributed by atoms with E-state index >= 15 is 0 Å². The molecule has 0 saturated carbocycles. The van der Waals surface area contributed by atoms with Gasteiger partial charge in [0.2, 0.25) is 5.91 Å². The van der Waals surface area contributed by atoms with Gasteiger partial charge in [0.1, 0.15) is 0 Å². The van der Waals surface area contributed by atoms with Crippen molar-refractivity contribution in [2.75, 3.05) is 51.2 Å². The zero-order valence-electron chi connectivity index (χ0n) is 14.6. The van der Waals surface area contributed by atoms with E-state index in [2.05, 4.69) is 29.0 Å². The number of nitrogens with zero attached hydrogens (tertiary/aromatic N) is 2. The highest BCUT2D eigenvalue weighted by molar-refractivity contribution is 6.32. The summed E-state index contributed by atoms with van der Waals surface area (Å²) in [4.78, 5) is 16.9. The molecule has 0 spiro atoms. The number of carbonyl (C=O) groups excluding carboxylic acids is 1. The fraction of sp³-hybridized carbons (Fsp3) is 0.611. The van der Waals surface area contributed by atoms with Crippen molar-refractivity contribution in [2.24, 2.45) is 0 Å². The molecule has 0 aromatic heterocycles. The molecule has 2 N–H and O–H groups in total. The van der Waals surface area contributed by atoms with E-state index in [1.54, 1.807) is 0 Å². The van der Waals surface area contributed by atoms with Gasteiger partial charge >= 0.3 is 0 Å². The molecular weight excluding hydrogens is 326 g/mol. The summed E-state index contributed by atoms with van der Waals surface area (Å²) in [6.45, 7) is 8.92. The van der Waals surface area contributed by atoms with Crippen LogP contribution in [-0.4, -0.2) is 66.7 Å². The SMILES string of the molecule is CCc1ccc(Cl)c(CC)c1NC(=O)CN1CCN(CCO)CC1. The molecule has 0 radical (unpaired) electrons. The highest BCUT2D eigenvalue weighted by Crippen LogP contribution is 2.29. The lowest BCUT2D eigenvalue weighted by atomic mass is 10.0. The lowest BCUT2D eigenvalue weighted by molar-refractivity contribution is -0.117. The smallest absolute Gasteiger partial charge is 0.238 e. The van der Waals surface area contributed by atoms with E-state index in [4.69, 9.17) is 16.7 Å². The monoisotopic (exact) mass is 353 g/mol. The minimum absolute atomic E-state index is 0.0114. The summed E-state index contributed by atoms with van der Waals surface area (Å²) >= 11 is 6.29. The first-order chi connectivity index (χ1) is 11.6. The molecule has 1 aliphatic rings. The zero-order valence-corrected chi connectivity index (χ0v) is 15.4. The van der Waals surface area contributed by atoms with E-state index in [1.807, 2.05) is 12.1 Å². The van der Waals surface area contributed by atoms with Crippen LogP contribution in [0.1, 0.15) is 25.0 Å². The van der Waals surface area contributed by atoms with Gasteiger partial charge in [-0.1, -0.05) is 31.5 Å². The molecule has 1 aliphatic heterocycles. The van der Waals surface area contributed by atoms with Crippen LogP contribution in [0.4, 0.5) is 5.69 Å². The maximum absolute atomic E-state index is 12.5. The number of benzene rings is 1. The zero-order chi connectivity index (χ0) is 17.5. The van der Waals surface area contributed by atoms with Crippen LogP contribution in [0.25, 0.3) is 0 Å².